The van der Waals surface area contributed by atoms with Crippen LogP contribution in [0.5, 0.6) is 0 Å². The van der Waals surface area contributed by atoms with Gasteiger partial charge in [-0.1, -0.05) is 12.1 Å². The second kappa shape index (κ2) is 6.66. The quantitative estimate of drug-likeness (QED) is 0.591. The van der Waals surface area contributed by atoms with Crippen molar-refractivity contribution >= 4 is 21.6 Å². The fraction of sp³-hybridized carbons (Fsp3) is 0.316. The van der Waals surface area contributed by atoms with Gasteiger partial charge in [0, 0.05) is 38.4 Å². The first-order valence-corrected chi connectivity index (χ1v) is 9.82. The molecule has 1 N–H and O–H groups in total. The van der Waals surface area contributed by atoms with Crippen molar-refractivity contribution in [2.45, 2.75) is 32.5 Å². The van der Waals surface area contributed by atoms with Crippen molar-refractivity contribution in [1.82, 2.24) is 29.6 Å². The molecule has 0 amide bonds. The lowest BCUT2D eigenvalue weighted by molar-refractivity contribution is 0.476. The van der Waals surface area contributed by atoms with Crippen LogP contribution in [0, 0.1) is 0 Å². The predicted molar refractivity (Wildman–Crippen MR) is 103 cm³/mol. The van der Waals surface area contributed by atoms with Crippen molar-refractivity contribution in [3.8, 4) is 11.5 Å². The lowest BCUT2D eigenvalue weighted by atomic mass is 10.3. The van der Waals surface area contributed by atoms with Crippen molar-refractivity contribution in [3.63, 3.8) is 0 Å². The number of aryl methyl sites for hydroxylation is 2. The topological polar surface area (TPSA) is 60.6 Å². The third kappa shape index (κ3) is 2.93. The van der Waals surface area contributed by atoms with Crippen LogP contribution in [0.2, 0.25) is 0 Å². The summed E-state index contributed by atoms with van der Waals surface area (Å²) in [5.74, 6) is 0.955. The Hall–Kier alpha value is -2.51. The lowest BCUT2D eigenvalue weighted by Gasteiger charge is -2.13. The summed E-state index contributed by atoms with van der Waals surface area (Å²) in [5.41, 5.74) is 3.30. The zero-order valence-electron chi connectivity index (χ0n) is 14.4. The van der Waals surface area contributed by atoms with Gasteiger partial charge in [-0.2, -0.15) is 5.10 Å². The normalized spacial score (nSPS) is 14.0. The second-order valence-electron chi connectivity index (χ2n) is 6.54. The maximum atomic E-state index is 4.73. The maximum Gasteiger partial charge on any atom is 0.160 e. The molecule has 132 valence electrons. The summed E-state index contributed by atoms with van der Waals surface area (Å²) in [7, 11) is 0. The molecule has 7 heteroatoms. The number of nitrogens with one attached hydrogen (secondary N) is 1. The molecule has 1 aromatic carbocycles. The van der Waals surface area contributed by atoms with E-state index in [1.54, 1.807) is 11.3 Å². The van der Waals surface area contributed by atoms with Crippen LogP contribution < -0.4 is 5.32 Å². The van der Waals surface area contributed by atoms with Gasteiger partial charge in [-0.15, -0.1) is 11.3 Å². The van der Waals surface area contributed by atoms with Gasteiger partial charge in [0.1, 0.15) is 5.69 Å². The average Bonchev–Trinajstić information content (AvgIpc) is 3.38. The van der Waals surface area contributed by atoms with Gasteiger partial charge in [-0.05, 0) is 24.6 Å². The van der Waals surface area contributed by atoms with Crippen molar-refractivity contribution < 1.29 is 0 Å². The third-order valence-corrected chi connectivity index (χ3v) is 5.84. The van der Waals surface area contributed by atoms with E-state index in [0.29, 0.717) is 0 Å². The molecule has 0 fully saturated rings. The largest absolute Gasteiger partial charge is 0.330 e. The van der Waals surface area contributed by atoms with Crippen molar-refractivity contribution in [3.05, 3.63) is 53.4 Å². The molecular formula is C19H20N6S. The Bertz CT molecular complexity index is 987. The van der Waals surface area contributed by atoms with Crippen LogP contribution in [-0.2, 0) is 26.1 Å². The molecule has 0 saturated heterocycles. The summed E-state index contributed by atoms with van der Waals surface area (Å²) < 4.78 is 5.56. The molecule has 26 heavy (non-hydrogen) atoms. The Morgan fingerprint density at radius 2 is 2.19 bits per heavy atom. The van der Waals surface area contributed by atoms with Crippen molar-refractivity contribution in [1.29, 1.82) is 0 Å². The number of aromatic nitrogens is 5. The van der Waals surface area contributed by atoms with E-state index in [2.05, 4.69) is 43.8 Å². The Balaban J connectivity index is 1.29. The maximum absolute atomic E-state index is 4.73. The molecule has 4 heterocycles. The van der Waals surface area contributed by atoms with E-state index in [0.717, 1.165) is 56.1 Å². The zero-order chi connectivity index (χ0) is 17.3. The molecule has 4 aromatic rings. The Morgan fingerprint density at radius 3 is 3.12 bits per heavy atom. The molecule has 1 aliphatic rings. The van der Waals surface area contributed by atoms with E-state index in [-0.39, 0.29) is 0 Å². The first kappa shape index (κ1) is 15.7. The zero-order valence-corrected chi connectivity index (χ0v) is 15.2. The molecule has 0 radical (unpaired) electrons. The van der Waals surface area contributed by atoms with Gasteiger partial charge in [-0.3, -0.25) is 4.68 Å². The van der Waals surface area contributed by atoms with E-state index < -0.39 is 0 Å². The molecule has 0 saturated carbocycles. The highest BCUT2D eigenvalue weighted by molar-refractivity contribution is 7.18. The number of para-hydroxylation sites is 1. The van der Waals surface area contributed by atoms with E-state index in [1.807, 2.05) is 18.5 Å². The lowest BCUT2D eigenvalue weighted by Crippen LogP contribution is -2.28. The minimum Gasteiger partial charge on any atom is -0.330 e. The summed E-state index contributed by atoms with van der Waals surface area (Å²) in [5, 5.41) is 9.32. The second-order valence-corrected chi connectivity index (χ2v) is 7.66. The van der Waals surface area contributed by atoms with Crippen molar-refractivity contribution in [2.24, 2.45) is 0 Å². The highest BCUT2D eigenvalue weighted by Crippen LogP contribution is 2.23. The number of thiazole rings is 1. The van der Waals surface area contributed by atoms with Crippen molar-refractivity contribution in [2.75, 3.05) is 6.54 Å². The number of rotatable bonds is 5. The first-order valence-electron chi connectivity index (χ1n) is 9.00. The third-order valence-electron chi connectivity index (χ3n) is 4.74. The van der Waals surface area contributed by atoms with Gasteiger partial charge in [0.05, 0.1) is 27.5 Å². The van der Waals surface area contributed by atoms with Crippen LogP contribution in [0.3, 0.4) is 0 Å². The molecule has 3 aromatic heterocycles. The number of nitrogens with zero attached hydrogens (tertiary/aromatic N) is 5. The molecule has 1 aliphatic heterocycles. The number of hydrogen-bond acceptors (Lipinski definition) is 5. The minimum atomic E-state index is 0.880. The van der Waals surface area contributed by atoms with E-state index >= 15 is 0 Å². The molecule has 6 nitrogen and oxygen atoms in total. The summed E-state index contributed by atoms with van der Waals surface area (Å²) in [6.07, 6.45) is 5.94. The Labute approximate surface area is 155 Å². The molecule has 5 rings (SSSR count). The monoisotopic (exact) mass is 364 g/mol. The van der Waals surface area contributed by atoms with Crippen LogP contribution in [0.25, 0.3) is 21.7 Å². The van der Waals surface area contributed by atoms with Crippen LogP contribution >= 0.6 is 11.3 Å². The molecule has 0 bridgehead atoms. The standard InChI is InChI=1S/C19H20N6S/c1-2-5-17-15(4-1)22-18(26-17)6-3-9-24-10-8-21-19(24)16-12-14-13-20-7-11-25(14)23-16/h1-2,4-5,8,10,12,20H,3,6-7,9,11,13H2. The first-order chi connectivity index (χ1) is 12.9. The number of fused-ring (bicyclic) bond motifs is 2. The fourth-order valence-corrected chi connectivity index (χ4v) is 4.46. The van der Waals surface area contributed by atoms with Crippen LogP contribution in [0.1, 0.15) is 17.1 Å². The predicted octanol–water partition coefficient (Wildman–Crippen LogP) is 3.09. The Morgan fingerprint density at radius 1 is 1.23 bits per heavy atom. The van der Waals surface area contributed by atoms with E-state index in [4.69, 9.17) is 10.1 Å². The van der Waals surface area contributed by atoms with Crippen LogP contribution in [-0.4, -0.2) is 30.9 Å². The molecular weight excluding hydrogens is 344 g/mol. The summed E-state index contributed by atoms with van der Waals surface area (Å²) in [6.45, 7) is 3.70. The molecule has 0 aliphatic carbocycles. The fourth-order valence-electron chi connectivity index (χ4n) is 3.45. The SMILES string of the molecule is c1ccc2sc(CCCn3ccnc3-c3cc4n(n3)CCNC4)nc2c1. The average molecular weight is 364 g/mol. The van der Waals surface area contributed by atoms with Gasteiger partial charge in [0.15, 0.2) is 5.82 Å². The van der Waals surface area contributed by atoms with Gasteiger partial charge in [-0.25, -0.2) is 9.97 Å². The van der Waals surface area contributed by atoms with Gasteiger partial charge >= 0.3 is 0 Å². The smallest absolute Gasteiger partial charge is 0.160 e. The summed E-state index contributed by atoms with van der Waals surface area (Å²) >= 11 is 1.79. The Kier molecular flexibility index (Phi) is 4.03. The van der Waals surface area contributed by atoms with E-state index in [9.17, 15) is 0 Å². The van der Waals surface area contributed by atoms with Gasteiger partial charge in [0.2, 0.25) is 0 Å². The van der Waals surface area contributed by atoms with Gasteiger partial charge < -0.3 is 9.88 Å². The van der Waals surface area contributed by atoms with E-state index in [1.165, 1.54) is 15.4 Å². The number of benzene rings is 1. The molecule has 0 unspecified atom stereocenters. The van der Waals surface area contributed by atoms with Crippen LogP contribution in [0.4, 0.5) is 0 Å². The number of hydrogen-bond donors (Lipinski definition) is 1. The van der Waals surface area contributed by atoms with Gasteiger partial charge in [0.25, 0.3) is 0 Å². The summed E-state index contributed by atoms with van der Waals surface area (Å²) in [4.78, 5) is 9.27. The van der Waals surface area contributed by atoms with Crippen LogP contribution in [0.15, 0.2) is 42.7 Å². The highest BCUT2D eigenvalue weighted by atomic mass is 32.1. The number of imidazole rings is 1. The molecule has 0 atom stereocenters. The summed E-state index contributed by atoms with van der Waals surface area (Å²) in [6, 6.07) is 10.5. The highest BCUT2D eigenvalue weighted by Gasteiger charge is 2.16. The molecule has 0 spiro atoms. The minimum absolute atomic E-state index is 0.880.